The van der Waals surface area contributed by atoms with Crippen molar-refractivity contribution in [2.24, 2.45) is 0 Å². The molecule has 5 heteroatoms. The van der Waals surface area contributed by atoms with Crippen LogP contribution in [-0.4, -0.2) is 30.6 Å². The van der Waals surface area contributed by atoms with Gasteiger partial charge in [0.05, 0.1) is 5.69 Å². The number of rotatable bonds is 4. The van der Waals surface area contributed by atoms with E-state index < -0.39 is 12.2 Å². The van der Waals surface area contributed by atoms with Crippen LogP contribution in [0.15, 0.2) is 24.3 Å². The number of carbonyl (C=O) groups is 2. The smallest absolute Gasteiger partial charge is 0.262 e. The summed E-state index contributed by atoms with van der Waals surface area (Å²) >= 11 is 0. The van der Waals surface area contributed by atoms with Crippen LogP contribution >= 0.6 is 0 Å². The Hall–Kier alpha value is -1.72. The molecule has 20 heavy (non-hydrogen) atoms. The highest BCUT2D eigenvalue weighted by Gasteiger charge is 2.46. The monoisotopic (exact) mass is 274 g/mol. The van der Waals surface area contributed by atoms with Crippen molar-refractivity contribution < 1.29 is 14.3 Å². The maximum absolute atomic E-state index is 12.2. The number of imide groups is 1. The van der Waals surface area contributed by atoms with E-state index >= 15 is 0 Å². The van der Waals surface area contributed by atoms with Gasteiger partial charge in [-0.15, -0.1) is 0 Å². The summed E-state index contributed by atoms with van der Waals surface area (Å²) in [5.41, 5.74) is 1.77. The highest BCUT2D eigenvalue weighted by Crippen LogP contribution is 2.31. The molecule has 1 N–H and O–H groups in total. The quantitative estimate of drug-likeness (QED) is 0.839. The van der Waals surface area contributed by atoms with Crippen molar-refractivity contribution in [3.63, 3.8) is 0 Å². The van der Waals surface area contributed by atoms with Gasteiger partial charge in [0.2, 0.25) is 0 Å². The van der Waals surface area contributed by atoms with Gasteiger partial charge in [-0.1, -0.05) is 19.1 Å². The zero-order valence-electron chi connectivity index (χ0n) is 11.5. The van der Waals surface area contributed by atoms with E-state index in [1.807, 2.05) is 24.3 Å². The molecule has 2 unspecified atom stereocenters. The molecule has 5 nitrogen and oxygen atoms in total. The van der Waals surface area contributed by atoms with Crippen molar-refractivity contribution in [1.82, 2.24) is 5.32 Å². The summed E-state index contributed by atoms with van der Waals surface area (Å²) in [6.45, 7) is 3.74. The fourth-order valence-electron chi connectivity index (χ4n) is 2.68. The van der Waals surface area contributed by atoms with E-state index in [-0.39, 0.29) is 11.8 Å². The van der Waals surface area contributed by atoms with E-state index in [1.165, 1.54) is 4.90 Å². The molecule has 2 atom stereocenters. The Balaban J connectivity index is 1.81. The van der Waals surface area contributed by atoms with Gasteiger partial charge < -0.3 is 10.1 Å². The minimum Gasteiger partial charge on any atom is -0.355 e. The van der Waals surface area contributed by atoms with Crippen LogP contribution in [0.25, 0.3) is 0 Å². The fourth-order valence-corrected chi connectivity index (χ4v) is 2.68. The minimum absolute atomic E-state index is 0.233. The van der Waals surface area contributed by atoms with Gasteiger partial charge in [-0.05, 0) is 37.1 Å². The molecule has 2 fully saturated rings. The molecule has 0 radical (unpaired) electrons. The van der Waals surface area contributed by atoms with E-state index in [9.17, 15) is 9.59 Å². The second-order valence-electron chi connectivity index (χ2n) is 5.15. The molecule has 1 aromatic rings. The Bertz CT molecular complexity index is 504. The van der Waals surface area contributed by atoms with Crippen molar-refractivity contribution in [3.05, 3.63) is 29.8 Å². The van der Waals surface area contributed by atoms with Crippen LogP contribution in [0.5, 0.6) is 0 Å². The maximum Gasteiger partial charge on any atom is 0.262 e. The largest absolute Gasteiger partial charge is 0.355 e. The van der Waals surface area contributed by atoms with E-state index in [1.54, 1.807) is 0 Å². The molecule has 2 amide bonds. The lowest BCUT2D eigenvalue weighted by Gasteiger charge is -2.29. The number of nitrogens with one attached hydrogen (secondary N) is 1. The Labute approximate surface area is 117 Å². The standard InChI is InChI=1S/C15H18N2O3/c1-2-16-9-10-3-5-11(6-4-10)17-14(18)12-7-8-13(20-12)15(17)19/h3-6,12-13,16H,2,7-9H2,1H3. The van der Waals surface area contributed by atoms with E-state index in [2.05, 4.69) is 12.2 Å². The van der Waals surface area contributed by atoms with Gasteiger partial charge in [0.15, 0.2) is 0 Å². The molecule has 2 saturated heterocycles. The van der Waals surface area contributed by atoms with Crippen LogP contribution in [-0.2, 0) is 20.9 Å². The molecule has 106 valence electrons. The lowest BCUT2D eigenvalue weighted by Crippen LogP contribution is -2.52. The third kappa shape index (κ3) is 2.23. The van der Waals surface area contributed by atoms with E-state index in [0.717, 1.165) is 18.7 Å². The Morgan fingerprint density at radius 3 is 2.30 bits per heavy atom. The molecule has 2 aliphatic heterocycles. The van der Waals surface area contributed by atoms with Crippen LogP contribution in [0.1, 0.15) is 25.3 Å². The first-order chi connectivity index (χ1) is 9.70. The van der Waals surface area contributed by atoms with Crippen molar-refractivity contribution in [1.29, 1.82) is 0 Å². The summed E-state index contributed by atoms with van der Waals surface area (Å²) in [4.78, 5) is 25.7. The van der Waals surface area contributed by atoms with Crippen molar-refractivity contribution in [2.75, 3.05) is 11.4 Å². The zero-order valence-corrected chi connectivity index (χ0v) is 11.5. The average Bonchev–Trinajstić information content (AvgIpc) is 2.92. The summed E-state index contributed by atoms with van der Waals surface area (Å²) in [5, 5.41) is 3.24. The number of fused-ring (bicyclic) bond motifs is 2. The molecule has 0 aromatic heterocycles. The SMILES string of the molecule is CCNCc1ccc(N2C(=O)C3CCC(O3)C2=O)cc1. The predicted molar refractivity (Wildman–Crippen MR) is 74.2 cm³/mol. The number of amides is 2. The molecule has 3 rings (SSSR count). The van der Waals surface area contributed by atoms with Gasteiger partial charge in [0.1, 0.15) is 12.2 Å². The van der Waals surface area contributed by atoms with Gasteiger partial charge in [-0.2, -0.15) is 0 Å². The molecule has 0 aliphatic carbocycles. The Kier molecular flexibility index (Phi) is 3.54. The number of morpholine rings is 1. The molecular formula is C15H18N2O3. The second-order valence-corrected chi connectivity index (χ2v) is 5.15. The van der Waals surface area contributed by atoms with Gasteiger partial charge >= 0.3 is 0 Å². The molecule has 1 aromatic carbocycles. The topological polar surface area (TPSA) is 58.6 Å². The van der Waals surface area contributed by atoms with Crippen LogP contribution in [0, 0.1) is 0 Å². The lowest BCUT2D eigenvalue weighted by atomic mass is 10.1. The number of carbonyl (C=O) groups excluding carboxylic acids is 2. The van der Waals surface area contributed by atoms with Gasteiger partial charge in [-0.25, -0.2) is 4.90 Å². The normalized spacial score (nSPS) is 25.4. The molecule has 0 saturated carbocycles. The van der Waals surface area contributed by atoms with Gasteiger partial charge in [0, 0.05) is 6.54 Å². The van der Waals surface area contributed by atoms with Gasteiger partial charge in [0.25, 0.3) is 11.8 Å². The highest BCUT2D eigenvalue weighted by atomic mass is 16.5. The van der Waals surface area contributed by atoms with Crippen molar-refractivity contribution >= 4 is 17.5 Å². The van der Waals surface area contributed by atoms with Crippen molar-refractivity contribution in [2.45, 2.75) is 38.5 Å². The number of anilines is 1. The first kappa shape index (κ1) is 13.3. The third-order valence-electron chi connectivity index (χ3n) is 3.78. The first-order valence-electron chi connectivity index (χ1n) is 7.03. The molecule has 2 aliphatic rings. The maximum atomic E-state index is 12.2. The van der Waals surface area contributed by atoms with Crippen LogP contribution in [0.2, 0.25) is 0 Å². The fraction of sp³-hybridized carbons (Fsp3) is 0.467. The minimum atomic E-state index is -0.445. The molecular weight excluding hydrogens is 256 g/mol. The number of nitrogens with zero attached hydrogens (tertiary/aromatic N) is 1. The van der Waals surface area contributed by atoms with Crippen LogP contribution in [0.4, 0.5) is 5.69 Å². The lowest BCUT2D eigenvalue weighted by molar-refractivity contribution is -0.146. The average molecular weight is 274 g/mol. The predicted octanol–water partition coefficient (Wildman–Crippen LogP) is 1.22. The highest BCUT2D eigenvalue weighted by molar-refractivity contribution is 6.19. The van der Waals surface area contributed by atoms with E-state index in [0.29, 0.717) is 18.5 Å². The van der Waals surface area contributed by atoms with Gasteiger partial charge in [-0.3, -0.25) is 9.59 Å². The first-order valence-corrected chi connectivity index (χ1v) is 7.03. The van der Waals surface area contributed by atoms with E-state index in [4.69, 9.17) is 4.74 Å². The van der Waals surface area contributed by atoms with Crippen LogP contribution in [0.3, 0.4) is 0 Å². The molecule has 2 bridgehead atoms. The number of hydrogen-bond acceptors (Lipinski definition) is 4. The molecule has 2 heterocycles. The summed E-state index contributed by atoms with van der Waals surface area (Å²) in [7, 11) is 0. The number of benzene rings is 1. The summed E-state index contributed by atoms with van der Waals surface area (Å²) < 4.78 is 5.40. The third-order valence-corrected chi connectivity index (χ3v) is 3.78. The molecule has 0 spiro atoms. The van der Waals surface area contributed by atoms with Crippen molar-refractivity contribution in [3.8, 4) is 0 Å². The number of ether oxygens (including phenoxy) is 1. The summed E-state index contributed by atoms with van der Waals surface area (Å²) in [6.07, 6.45) is 0.396. The zero-order chi connectivity index (χ0) is 14.1. The summed E-state index contributed by atoms with van der Waals surface area (Å²) in [6, 6.07) is 7.53. The summed E-state index contributed by atoms with van der Waals surface area (Å²) in [5.74, 6) is -0.466. The Morgan fingerprint density at radius 2 is 1.75 bits per heavy atom. The van der Waals surface area contributed by atoms with Crippen LogP contribution < -0.4 is 10.2 Å². The Morgan fingerprint density at radius 1 is 1.15 bits per heavy atom. The second kappa shape index (κ2) is 5.34. The number of hydrogen-bond donors (Lipinski definition) is 1.